The van der Waals surface area contributed by atoms with E-state index in [0.717, 1.165) is 24.1 Å². The van der Waals surface area contributed by atoms with Gasteiger partial charge in [-0.3, -0.25) is 14.6 Å². The molecule has 1 saturated carbocycles. The lowest BCUT2D eigenvalue weighted by atomic mass is 10.0. The summed E-state index contributed by atoms with van der Waals surface area (Å²) < 4.78 is 5.24. The van der Waals surface area contributed by atoms with Crippen LogP contribution >= 0.6 is 0 Å². The van der Waals surface area contributed by atoms with Crippen molar-refractivity contribution >= 4 is 22.8 Å². The molecule has 1 aliphatic rings. The molecule has 1 unspecified atom stereocenters. The summed E-state index contributed by atoms with van der Waals surface area (Å²) in [5.41, 5.74) is 2.18. The monoisotopic (exact) mass is 328 g/mol. The van der Waals surface area contributed by atoms with Gasteiger partial charge in [0.2, 0.25) is 0 Å². The average Bonchev–Trinajstić information content (AvgIpc) is 3.42. The van der Waals surface area contributed by atoms with Crippen LogP contribution in [0.15, 0.2) is 24.3 Å². The Morgan fingerprint density at radius 1 is 1.38 bits per heavy atom. The number of rotatable bonds is 6. The molecule has 6 nitrogen and oxygen atoms in total. The van der Waals surface area contributed by atoms with Gasteiger partial charge in [-0.1, -0.05) is 6.92 Å². The van der Waals surface area contributed by atoms with Gasteiger partial charge in [0, 0.05) is 23.5 Å². The van der Waals surface area contributed by atoms with Crippen LogP contribution in [0.5, 0.6) is 5.75 Å². The van der Waals surface area contributed by atoms with E-state index in [9.17, 15) is 9.59 Å². The number of hydrogen-bond acceptors (Lipinski definition) is 4. The van der Waals surface area contributed by atoms with Crippen molar-refractivity contribution in [3.8, 4) is 5.75 Å². The number of nitrogens with one attached hydrogen (secondary N) is 1. The molecule has 0 spiro atoms. The number of benzene rings is 1. The first-order chi connectivity index (χ1) is 11.5. The van der Waals surface area contributed by atoms with Crippen LogP contribution < -0.4 is 10.1 Å². The van der Waals surface area contributed by atoms with E-state index >= 15 is 0 Å². The number of carbonyl (C=O) groups excluding carboxylic acids is 1. The van der Waals surface area contributed by atoms with E-state index in [-0.39, 0.29) is 12.5 Å². The normalized spacial score (nSPS) is 15.1. The molecule has 1 fully saturated rings. The molecule has 24 heavy (non-hydrogen) atoms. The first-order valence-corrected chi connectivity index (χ1v) is 7.99. The number of ether oxygens (including phenoxy) is 1. The van der Waals surface area contributed by atoms with Gasteiger partial charge in [0.05, 0.1) is 24.1 Å². The SMILES string of the molecule is COc1ccc2nc(C3CC3)cc(C(=O)NCC(C)C(=O)O)c2c1. The molecular weight excluding hydrogens is 308 g/mol. The Kier molecular flexibility index (Phi) is 4.38. The fourth-order valence-corrected chi connectivity index (χ4v) is 2.56. The molecule has 126 valence electrons. The van der Waals surface area contributed by atoms with Gasteiger partial charge in [-0.2, -0.15) is 0 Å². The fraction of sp³-hybridized carbons (Fsp3) is 0.389. The summed E-state index contributed by atoms with van der Waals surface area (Å²) in [6.07, 6.45) is 2.18. The first kappa shape index (κ1) is 16.2. The van der Waals surface area contributed by atoms with Crippen LogP contribution in [0, 0.1) is 5.92 Å². The summed E-state index contributed by atoms with van der Waals surface area (Å²) in [7, 11) is 1.57. The van der Waals surface area contributed by atoms with Gasteiger partial charge in [-0.25, -0.2) is 0 Å². The fourth-order valence-electron chi connectivity index (χ4n) is 2.56. The molecule has 0 bridgehead atoms. The molecule has 1 atom stereocenters. The van der Waals surface area contributed by atoms with Crippen LogP contribution in [0.2, 0.25) is 0 Å². The summed E-state index contributed by atoms with van der Waals surface area (Å²) in [4.78, 5) is 28.2. The van der Waals surface area contributed by atoms with Gasteiger partial charge in [-0.15, -0.1) is 0 Å². The standard InChI is InChI=1S/C18H20N2O4/c1-10(18(22)23)9-19-17(21)14-8-16(11-3-4-11)20-15-6-5-12(24-2)7-13(14)15/h5-8,10-11H,3-4,9H2,1-2H3,(H,19,21)(H,22,23). The molecule has 3 rings (SSSR count). The number of fused-ring (bicyclic) bond motifs is 1. The summed E-state index contributed by atoms with van der Waals surface area (Å²) in [5, 5.41) is 12.4. The zero-order valence-corrected chi connectivity index (χ0v) is 13.7. The number of nitrogens with zero attached hydrogens (tertiary/aromatic N) is 1. The molecule has 1 heterocycles. The minimum atomic E-state index is -0.935. The number of aromatic nitrogens is 1. The number of carboxylic acids is 1. The smallest absolute Gasteiger partial charge is 0.308 e. The zero-order valence-electron chi connectivity index (χ0n) is 13.7. The highest BCUT2D eigenvalue weighted by atomic mass is 16.5. The van der Waals surface area contributed by atoms with E-state index in [1.807, 2.05) is 18.2 Å². The Morgan fingerprint density at radius 2 is 2.12 bits per heavy atom. The molecule has 0 aliphatic heterocycles. The van der Waals surface area contributed by atoms with E-state index in [1.165, 1.54) is 0 Å². The first-order valence-electron chi connectivity index (χ1n) is 7.99. The third kappa shape index (κ3) is 3.32. The van der Waals surface area contributed by atoms with Crippen molar-refractivity contribution < 1.29 is 19.4 Å². The van der Waals surface area contributed by atoms with Crippen molar-refractivity contribution in [3.63, 3.8) is 0 Å². The predicted octanol–water partition coefficient (Wildman–Crippen LogP) is 2.57. The van der Waals surface area contributed by atoms with E-state index in [1.54, 1.807) is 20.1 Å². The van der Waals surface area contributed by atoms with Gasteiger partial charge in [-0.05, 0) is 37.1 Å². The molecule has 0 radical (unpaired) electrons. The number of methoxy groups -OCH3 is 1. The number of hydrogen-bond donors (Lipinski definition) is 2. The van der Waals surface area contributed by atoms with Crippen molar-refractivity contribution in [1.29, 1.82) is 0 Å². The third-order valence-electron chi connectivity index (χ3n) is 4.27. The summed E-state index contributed by atoms with van der Waals surface area (Å²) in [6, 6.07) is 7.27. The van der Waals surface area contributed by atoms with Crippen LogP contribution in [0.25, 0.3) is 10.9 Å². The van der Waals surface area contributed by atoms with Crippen molar-refractivity contribution in [2.45, 2.75) is 25.7 Å². The molecule has 2 aromatic rings. The second-order valence-corrected chi connectivity index (χ2v) is 6.20. The Balaban J connectivity index is 1.96. The number of aliphatic carboxylic acids is 1. The lowest BCUT2D eigenvalue weighted by Gasteiger charge is -2.12. The van der Waals surface area contributed by atoms with E-state index in [4.69, 9.17) is 9.84 Å². The van der Waals surface area contributed by atoms with Gasteiger partial charge in [0.25, 0.3) is 5.91 Å². The second-order valence-electron chi connectivity index (χ2n) is 6.20. The Bertz CT molecular complexity index is 799. The molecule has 1 aromatic heterocycles. The number of carboxylic acid groups (broad SMARTS) is 1. The Labute approximate surface area is 139 Å². The van der Waals surface area contributed by atoms with E-state index in [2.05, 4.69) is 10.3 Å². The topological polar surface area (TPSA) is 88.5 Å². The van der Waals surface area contributed by atoms with Gasteiger partial charge >= 0.3 is 5.97 Å². The third-order valence-corrected chi connectivity index (χ3v) is 4.27. The Morgan fingerprint density at radius 3 is 2.75 bits per heavy atom. The van der Waals surface area contributed by atoms with Gasteiger partial charge < -0.3 is 15.2 Å². The van der Waals surface area contributed by atoms with Crippen LogP contribution in [0.3, 0.4) is 0 Å². The van der Waals surface area contributed by atoms with Crippen LogP contribution in [0.1, 0.15) is 41.7 Å². The second kappa shape index (κ2) is 6.47. The predicted molar refractivity (Wildman–Crippen MR) is 89.4 cm³/mol. The van der Waals surface area contributed by atoms with E-state index < -0.39 is 11.9 Å². The maximum absolute atomic E-state index is 12.6. The van der Waals surface area contributed by atoms with Gasteiger partial charge in [0.15, 0.2) is 0 Å². The molecule has 1 amide bonds. The van der Waals surface area contributed by atoms with Crippen LogP contribution in [-0.2, 0) is 4.79 Å². The van der Waals surface area contributed by atoms with Crippen molar-refractivity contribution in [2.75, 3.05) is 13.7 Å². The highest BCUT2D eigenvalue weighted by molar-refractivity contribution is 6.06. The number of pyridine rings is 1. The Hall–Kier alpha value is -2.63. The zero-order chi connectivity index (χ0) is 17.3. The van der Waals surface area contributed by atoms with Crippen molar-refractivity contribution in [3.05, 3.63) is 35.5 Å². The summed E-state index contributed by atoms with van der Waals surface area (Å²) >= 11 is 0. The lowest BCUT2D eigenvalue weighted by Crippen LogP contribution is -2.31. The molecule has 1 aromatic carbocycles. The van der Waals surface area contributed by atoms with Gasteiger partial charge in [0.1, 0.15) is 5.75 Å². The minimum Gasteiger partial charge on any atom is -0.497 e. The maximum atomic E-state index is 12.6. The summed E-state index contributed by atoms with van der Waals surface area (Å²) in [6.45, 7) is 1.65. The molecule has 0 saturated heterocycles. The number of carbonyl (C=O) groups is 2. The lowest BCUT2D eigenvalue weighted by molar-refractivity contribution is -0.140. The maximum Gasteiger partial charge on any atom is 0.308 e. The van der Waals surface area contributed by atoms with E-state index in [0.29, 0.717) is 22.6 Å². The molecule has 2 N–H and O–H groups in total. The number of amides is 1. The van der Waals surface area contributed by atoms with Crippen molar-refractivity contribution in [1.82, 2.24) is 10.3 Å². The molecular formula is C18H20N2O4. The molecule has 6 heteroatoms. The average molecular weight is 328 g/mol. The van der Waals surface area contributed by atoms with Crippen molar-refractivity contribution in [2.24, 2.45) is 5.92 Å². The summed E-state index contributed by atoms with van der Waals surface area (Å²) in [5.74, 6) is -0.794. The minimum absolute atomic E-state index is 0.0840. The highest BCUT2D eigenvalue weighted by Crippen LogP contribution is 2.40. The quantitative estimate of drug-likeness (QED) is 0.851. The van der Waals surface area contributed by atoms with Crippen LogP contribution in [0.4, 0.5) is 0 Å². The molecule has 1 aliphatic carbocycles. The largest absolute Gasteiger partial charge is 0.497 e. The highest BCUT2D eigenvalue weighted by Gasteiger charge is 2.27. The van der Waals surface area contributed by atoms with Crippen LogP contribution in [-0.4, -0.2) is 35.6 Å².